The van der Waals surface area contributed by atoms with Gasteiger partial charge in [0.15, 0.2) is 12.8 Å². The minimum atomic E-state index is -1.02. The molecule has 2 aromatic rings. The van der Waals surface area contributed by atoms with E-state index in [0.29, 0.717) is 37.8 Å². The number of ether oxygens (including phenoxy) is 2. The number of nitrogens with zero attached hydrogens (tertiary/aromatic N) is 1. The summed E-state index contributed by atoms with van der Waals surface area (Å²) < 4.78 is 24.6. The van der Waals surface area contributed by atoms with Gasteiger partial charge in [0.25, 0.3) is 0 Å². The van der Waals surface area contributed by atoms with E-state index in [1.165, 1.54) is 23.5 Å². The van der Waals surface area contributed by atoms with Crippen LogP contribution < -0.4 is 15.4 Å². The first kappa shape index (κ1) is 23.8. The van der Waals surface area contributed by atoms with Crippen molar-refractivity contribution in [2.24, 2.45) is 4.99 Å². The summed E-state index contributed by atoms with van der Waals surface area (Å²) in [5.74, 6) is 1.02. The molecule has 2 heterocycles. The quantitative estimate of drug-likeness (QED) is 0.288. The number of aliphatic hydroxyl groups is 1. The predicted octanol–water partition coefficient (Wildman–Crippen LogP) is 3.38. The molecule has 1 aromatic heterocycles. The number of aliphatic imine (C=N–C) groups is 1. The second-order valence-electron chi connectivity index (χ2n) is 6.79. The Labute approximate surface area is 191 Å². The third-order valence-electron chi connectivity index (χ3n) is 4.38. The molecule has 1 aliphatic rings. The van der Waals surface area contributed by atoms with Crippen molar-refractivity contribution in [1.82, 2.24) is 10.6 Å². The van der Waals surface area contributed by atoms with E-state index in [4.69, 9.17) is 9.47 Å². The number of benzene rings is 1. The topological polar surface area (TPSA) is 75.1 Å². The van der Waals surface area contributed by atoms with Gasteiger partial charge in [0.2, 0.25) is 0 Å². The number of guanidine groups is 1. The molecule has 0 fully saturated rings. The van der Waals surface area contributed by atoms with Crippen molar-refractivity contribution in [1.29, 1.82) is 0 Å². The van der Waals surface area contributed by atoms with Crippen molar-refractivity contribution in [3.05, 3.63) is 51.5 Å². The van der Waals surface area contributed by atoms with Crippen LogP contribution in [0.15, 0.2) is 34.6 Å². The average molecular weight is 535 g/mol. The van der Waals surface area contributed by atoms with Gasteiger partial charge < -0.3 is 25.2 Å². The molecule has 160 valence electrons. The van der Waals surface area contributed by atoms with Crippen LogP contribution in [0.5, 0.6) is 5.75 Å². The number of hydrogen-bond donors (Lipinski definition) is 3. The van der Waals surface area contributed by atoms with Crippen LogP contribution in [-0.2, 0) is 23.4 Å². The van der Waals surface area contributed by atoms with Crippen LogP contribution in [0, 0.1) is 5.82 Å². The molecule has 0 saturated carbocycles. The highest BCUT2D eigenvalue weighted by Gasteiger charge is 2.24. The van der Waals surface area contributed by atoms with Gasteiger partial charge in [-0.1, -0.05) is 6.07 Å². The Morgan fingerprint density at radius 2 is 2.21 bits per heavy atom. The molecule has 0 saturated heterocycles. The van der Waals surface area contributed by atoms with E-state index in [1.54, 1.807) is 6.92 Å². The highest BCUT2D eigenvalue weighted by atomic mass is 127. The van der Waals surface area contributed by atoms with Gasteiger partial charge in [0, 0.05) is 23.5 Å². The van der Waals surface area contributed by atoms with E-state index in [2.05, 4.69) is 15.6 Å². The van der Waals surface area contributed by atoms with E-state index in [9.17, 15) is 9.50 Å². The number of hydrogen-bond acceptors (Lipinski definition) is 5. The summed E-state index contributed by atoms with van der Waals surface area (Å²) in [5.41, 5.74) is 0.507. The van der Waals surface area contributed by atoms with Gasteiger partial charge in [-0.05, 0) is 49.4 Å². The van der Waals surface area contributed by atoms with Crippen LogP contribution in [0.3, 0.4) is 0 Å². The lowest BCUT2D eigenvalue weighted by molar-refractivity contribution is -0.0172. The van der Waals surface area contributed by atoms with Crippen molar-refractivity contribution in [2.45, 2.75) is 32.5 Å². The molecule has 1 aliphatic heterocycles. The lowest BCUT2D eigenvalue weighted by Crippen LogP contribution is -2.39. The second-order valence-corrected chi connectivity index (χ2v) is 7.73. The van der Waals surface area contributed by atoms with E-state index in [-0.39, 0.29) is 43.1 Å². The number of fused-ring (bicyclic) bond motifs is 1. The Morgan fingerprint density at radius 3 is 2.93 bits per heavy atom. The van der Waals surface area contributed by atoms with Gasteiger partial charge in [-0.3, -0.25) is 0 Å². The zero-order valence-electron chi connectivity index (χ0n) is 16.5. The molecule has 3 N–H and O–H groups in total. The minimum absolute atomic E-state index is 0. The summed E-state index contributed by atoms with van der Waals surface area (Å²) in [6.45, 7) is 5.75. The summed E-state index contributed by atoms with van der Waals surface area (Å²) in [5, 5.41) is 19.0. The molecule has 6 nitrogen and oxygen atoms in total. The van der Waals surface area contributed by atoms with Crippen molar-refractivity contribution in [3.63, 3.8) is 0 Å². The molecule has 1 aromatic carbocycles. The second kappa shape index (κ2) is 11.1. The zero-order chi connectivity index (χ0) is 20.0. The molecule has 0 bridgehead atoms. The van der Waals surface area contributed by atoms with E-state index in [0.717, 1.165) is 16.0 Å². The summed E-state index contributed by atoms with van der Waals surface area (Å²) in [4.78, 5) is 5.38. The minimum Gasteiger partial charge on any atom is -0.467 e. The van der Waals surface area contributed by atoms with Crippen LogP contribution in [0.2, 0.25) is 0 Å². The lowest BCUT2D eigenvalue weighted by atomic mass is 10.1. The van der Waals surface area contributed by atoms with Gasteiger partial charge in [0.05, 0.1) is 13.2 Å². The van der Waals surface area contributed by atoms with Crippen LogP contribution in [0.4, 0.5) is 4.39 Å². The summed E-state index contributed by atoms with van der Waals surface area (Å²) in [7, 11) is 0. The zero-order valence-corrected chi connectivity index (χ0v) is 19.7. The fourth-order valence-corrected chi connectivity index (χ4v) is 3.77. The normalized spacial score (nSPS) is 15.5. The summed E-state index contributed by atoms with van der Waals surface area (Å²) >= 11 is 1.50. The van der Waals surface area contributed by atoms with E-state index < -0.39 is 5.60 Å². The largest absolute Gasteiger partial charge is 0.467 e. The van der Waals surface area contributed by atoms with Crippen LogP contribution in [-0.4, -0.2) is 37.5 Å². The maximum absolute atomic E-state index is 13.9. The molecule has 0 amide bonds. The third-order valence-corrected chi connectivity index (χ3v) is 5.50. The van der Waals surface area contributed by atoms with Gasteiger partial charge in [-0.2, -0.15) is 0 Å². The van der Waals surface area contributed by atoms with Crippen molar-refractivity contribution < 1.29 is 19.0 Å². The molecule has 9 heteroatoms. The smallest absolute Gasteiger partial charge is 0.191 e. The Balaban J connectivity index is 0.00000300. The van der Waals surface area contributed by atoms with E-state index in [1.807, 2.05) is 24.4 Å². The Bertz CT molecular complexity index is 816. The first-order valence-corrected chi connectivity index (χ1v) is 10.2. The fraction of sp³-hybridized carbons (Fsp3) is 0.450. The fourth-order valence-electron chi connectivity index (χ4n) is 3.00. The van der Waals surface area contributed by atoms with Crippen molar-refractivity contribution in [2.75, 3.05) is 26.4 Å². The molecule has 3 rings (SSSR count). The maximum Gasteiger partial charge on any atom is 0.191 e. The third kappa shape index (κ3) is 6.53. The summed E-state index contributed by atoms with van der Waals surface area (Å²) in [6, 6.07) is 6.76. The molecule has 29 heavy (non-hydrogen) atoms. The van der Waals surface area contributed by atoms with E-state index >= 15 is 0 Å². The molecular formula is C20H27FIN3O3S. The number of thiophene rings is 1. The molecule has 1 atom stereocenters. The molecule has 0 spiro atoms. The van der Waals surface area contributed by atoms with Gasteiger partial charge in [0.1, 0.15) is 17.2 Å². The predicted molar refractivity (Wildman–Crippen MR) is 124 cm³/mol. The molecular weight excluding hydrogens is 508 g/mol. The Kier molecular flexibility index (Phi) is 9.12. The maximum atomic E-state index is 13.9. The molecule has 0 radical (unpaired) electrons. The highest BCUT2D eigenvalue weighted by molar-refractivity contribution is 14.0. The Hall–Kier alpha value is -1.43. The first-order valence-electron chi connectivity index (χ1n) is 9.30. The highest BCUT2D eigenvalue weighted by Crippen LogP contribution is 2.29. The number of rotatable bonds is 7. The Morgan fingerprint density at radius 1 is 1.38 bits per heavy atom. The lowest BCUT2D eigenvalue weighted by Gasteiger charge is -2.22. The summed E-state index contributed by atoms with van der Waals surface area (Å²) in [6.07, 6.45) is 0.575. The number of nitrogens with one attached hydrogen (secondary N) is 2. The monoisotopic (exact) mass is 535 g/mol. The van der Waals surface area contributed by atoms with Crippen LogP contribution in [0.1, 0.15) is 29.9 Å². The van der Waals surface area contributed by atoms with Crippen molar-refractivity contribution >= 4 is 41.3 Å². The molecule has 1 unspecified atom stereocenters. The van der Waals surface area contributed by atoms with Gasteiger partial charge >= 0.3 is 0 Å². The standard InChI is InChI=1S/C20H26FN3O3S.HI/c1-3-22-19(24-12-20(2,25)17-5-4-8-28-17)23-7-6-14-9-16(21)10-15-11-26-13-27-18(14)15;/h4-5,8-10,25H,3,6-7,11-13H2,1-2H3,(H2,22,23,24);1H. The SMILES string of the molecule is CCNC(=NCC(C)(O)c1cccs1)NCCc1cc(F)cc2c1OCOC2.I. The molecule has 0 aliphatic carbocycles. The van der Waals surface area contributed by atoms with Crippen LogP contribution >= 0.6 is 35.3 Å². The number of halogens is 2. The van der Waals surface area contributed by atoms with Gasteiger partial charge in [-0.15, -0.1) is 35.3 Å². The van der Waals surface area contributed by atoms with Crippen LogP contribution in [0.25, 0.3) is 0 Å². The average Bonchev–Trinajstić information content (AvgIpc) is 3.22. The first-order chi connectivity index (χ1) is 13.5. The van der Waals surface area contributed by atoms with Crippen molar-refractivity contribution in [3.8, 4) is 5.75 Å². The van der Waals surface area contributed by atoms with Gasteiger partial charge in [-0.25, -0.2) is 9.38 Å².